The molecule has 6 heterocycles. The van der Waals surface area contributed by atoms with Gasteiger partial charge in [0.05, 0.1) is 0 Å². The molecule has 17 heteroatoms. The largest absolute Gasteiger partial charge is 0.481 e. The number of aliphatic carboxylic acids is 1. The van der Waals surface area contributed by atoms with Gasteiger partial charge in [-0.25, -0.2) is 9.59 Å². The van der Waals surface area contributed by atoms with Crippen molar-refractivity contribution in [3.05, 3.63) is 0 Å². The molecule has 6 fully saturated rings. The van der Waals surface area contributed by atoms with Gasteiger partial charge >= 0.3 is 18.2 Å². The predicted molar refractivity (Wildman–Crippen MR) is 260 cm³/mol. The van der Waals surface area contributed by atoms with Gasteiger partial charge < -0.3 is 44.8 Å². The summed E-state index contributed by atoms with van der Waals surface area (Å²) in [4.78, 5) is 66.0. The van der Waals surface area contributed by atoms with Gasteiger partial charge in [0.1, 0.15) is 11.2 Å². The van der Waals surface area contributed by atoms with Gasteiger partial charge in [-0.2, -0.15) is 35.3 Å². The number of hydrogen-bond acceptors (Lipinski definition) is 12. The van der Waals surface area contributed by atoms with Gasteiger partial charge in [-0.1, -0.05) is 14.9 Å². The van der Waals surface area contributed by atoms with E-state index in [-0.39, 0.29) is 45.3 Å². The fraction of sp³-hybridized carbons (Fsp3) is 0.889. The number of hydrogen-bond donors (Lipinski definition) is 3. The van der Waals surface area contributed by atoms with Gasteiger partial charge in [0.15, 0.2) is 0 Å². The molecular weight excluding hydrogens is 849 g/mol. The molecule has 0 bridgehead atoms. The average Bonchev–Trinajstić information content (AvgIpc) is 3.22. The summed E-state index contributed by atoms with van der Waals surface area (Å²) in [6.07, 6.45) is 6.71. The molecule has 14 nitrogen and oxygen atoms in total. The lowest BCUT2D eigenvalue weighted by molar-refractivity contribution is -0.138. The first-order valence-electron chi connectivity index (χ1n) is 22.4. The van der Waals surface area contributed by atoms with Crippen molar-refractivity contribution < 1.29 is 38.6 Å². The minimum absolute atomic E-state index is 0. The Labute approximate surface area is 388 Å². The molecule has 0 unspecified atom stereocenters. The van der Waals surface area contributed by atoms with Crippen molar-refractivity contribution in [1.82, 2.24) is 30.2 Å². The number of nitrogens with one attached hydrogen (secondary N) is 2. The van der Waals surface area contributed by atoms with Crippen LogP contribution in [0.15, 0.2) is 0 Å². The van der Waals surface area contributed by atoms with E-state index in [1.54, 1.807) is 9.80 Å². The molecule has 362 valence electrons. The lowest BCUT2D eigenvalue weighted by atomic mass is 9.93. The molecule has 6 aliphatic heterocycles. The molecule has 0 aliphatic carbocycles. The number of likely N-dealkylation sites (tertiary alicyclic amines) is 2. The van der Waals surface area contributed by atoms with Crippen molar-refractivity contribution in [2.45, 2.75) is 125 Å². The Balaban J connectivity index is 0.000000434. The normalized spacial score (nSPS) is 20.5. The maximum absolute atomic E-state index is 12.3. The van der Waals surface area contributed by atoms with Gasteiger partial charge in [-0.3, -0.25) is 14.4 Å². The van der Waals surface area contributed by atoms with E-state index in [0.717, 1.165) is 94.4 Å². The van der Waals surface area contributed by atoms with Crippen LogP contribution in [0.4, 0.5) is 9.59 Å². The Morgan fingerprint density at radius 2 is 0.806 bits per heavy atom. The number of carbonyl (C=O) groups excluding carboxylic acids is 4. The van der Waals surface area contributed by atoms with E-state index >= 15 is 0 Å². The first-order valence-corrected chi connectivity index (χ1v) is 25.8. The standard InChI is InChI=1S/C16H28N2O3S.C12H21NO4.C11H20N2OS.C4H9NS.2CH4/c1-16(2,3)21-15(20)18-6-4-13(5-7-18)12-14(19)17-8-10-22-11-9-17;1-12(2,3)17-11(16)13-6-4-9(5-7-13)8-10(14)15;14-11(13-5-7-15-8-6-13)9-10-1-3-12-4-2-10;1-3-6-4-2-5-1;;/h13H,4-12H2,1-3H3;9H,4-8H2,1-3H3,(H,14,15);10,12H,1-9H2;5H,1-4H2;2*1H4. The lowest BCUT2D eigenvalue weighted by Gasteiger charge is -2.34. The quantitative estimate of drug-likeness (QED) is 0.245. The number of thioether (sulfide) groups is 3. The summed E-state index contributed by atoms with van der Waals surface area (Å²) in [6.45, 7) is 22.0. The third kappa shape index (κ3) is 25.4. The van der Waals surface area contributed by atoms with Crippen LogP contribution in [0.25, 0.3) is 0 Å². The number of ether oxygens (including phenoxy) is 2. The summed E-state index contributed by atoms with van der Waals surface area (Å²) >= 11 is 5.91. The molecule has 0 saturated carbocycles. The zero-order valence-corrected chi connectivity index (χ0v) is 40.1. The van der Waals surface area contributed by atoms with E-state index in [0.29, 0.717) is 50.3 Å². The summed E-state index contributed by atoms with van der Waals surface area (Å²) in [5, 5.41) is 15.3. The zero-order chi connectivity index (χ0) is 44.0. The van der Waals surface area contributed by atoms with Crippen LogP contribution in [0, 0.1) is 17.8 Å². The molecule has 0 radical (unpaired) electrons. The maximum atomic E-state index is 12.3. The Bertz CT molecular complexity index is 1270. The highest BCUT2D eigenvalue weighted by molar-refractivity contribution is 7.99. The predicted octanol–water partition coefficient (Wildman–Crippen LogP) is 7.25. The van der Waals surface area contributed by atoms with Crippen LogP contribution in [0.3, 0.4) is 0 Å². The van der Waals surface area contributed by atoms with E-state index in [2.05, 4.69) is 15.5 Å². The molecule has 0 aromatic rings. The number of rotatable bonds is 6. The number of nitrogens with zero attached hydrogens (tertiary/aromatic N) is 4. The average molecular weight is 935 g/mol. The first kappa shape index (κ1) is 57.9. The third-order valence-corrected chi connectivity index (χ3v) is 13.8. The van der Waals surface area contributed by atoms with Gasteiger partial charge in [0.25, 0.3) is 0 Å². The monoisotopic (exact) mass is 935 g/mol. The highest BCUT2D eigenvalue weighted by Crippen LogP contribution is 2.25. The second-order valence-corrected chi connectivity index (χ2v) is 22.0. The summed E-state index contributed by atoms with van der Waals surface area (Å²) in [5.41, 5.74) is -0.925. The van der Waals surface area contributed by atoms with Crippen LogP contribution in [0.5, 0.6) is 0 Å². The summed E-state index contributed by atoms with van der Waals surface area (Å²) in [7, 11) is 0. The van der Waals surface area contributed by atoms with Crippen LogP contribution in [0.2, 0.25) is 0 Å². The number of amides is 4. The molecule has 0 atom stereocenters. The summed E-state index contributed by atoms with van der Waals surface area (Å²) < 4.78 is 10.7. The van der Waals surface area contributed by atoms with Crippen molar-refractivity contribution >= 4 is 65.3 Å². The van der Waals surface area contributed by atoms with Crippen molar-refractivity contribution in [2.75, 3.05) is 113 Å². The van der Waals surface area contributed by atoms with Crippen LogP contribution in [0.1, 0.15) is 114 Å². The van der Waals surface area contributed by atoms with Gasteiger partial charge in [0.2, 0.25) is 11.8 Å². The van der Waals surface area contributed by atoms with Gasteiger partial charge in [0, 0.05) is 119 Å². The molecule has 0 aromatic carbocycles. The van der Waals surface area contributed by atoms with Crippen molar-refractivity contribution in [3.63, 3.8) is 0 Å². The van der Waals surface area contributed by atoms with E-state index < -0.39 is 17.2 Å². The van der Waals surface area contributed by atoms with E-state index in [4.69, 9.17) is 14.6 Å². The minimum Gasteiger partial charge on any atom is -0.481 e. The summed E-state index contributed by atoms with van der Waals surface area (Å²) in [5.74, 6) is 8.11. The molecule has 4 amide bonds. The summed E-state index contributed by atoms with van der Waals surface area (Å²) in [6, 6.07) is 0. The number of carbonyl (C=O) groups is 5. The molecule has 6 saturated heterocycles. The molecule has 3 N–H and O–H groups in total. The first-order chi connectivity index (χ1) is 28.5. The van der Waals surface area contributed by atoms with Crippen LogP contribution >= 0.6 is 35.3 Å². The number of piperidine rings is 3. The third-order valence-electron chi connectivity index (χ3n) is 11.0. The van der Waals surface area contributed by atoms with Crippen LogP contribution in [-0.4, -0.2) is 179 Å². The second-order valence-electron chi connectivity index (χ2n) is 18.4. The van der Waals surface area contributed by atoms with Crippen LogP contribution < -0.4 is 10.6 Å². The molecule has 6 rings (SSSR count). The Morgan fingerprint density at radius 3 is 1.11 bits per heavy atom. The molecule has 0 aromatic heterocycles. The Hall–Kier alpha value is -2.08. The highest BCUT2D eigenvalue weighted by Gasteiger charge is 2.30. The van der Waals surface area contributed by atoms with Crippen molar-refractivity contribution in [1.29, 1.82) is 0 Å². The molecule has 6 aliphatic rings. The van der Waals surface area contributed by atoms with E-state index in [1.165, 1.54) is 37.4 Å². The molecule has 62 heavy (non-hydrogen) atoms. The van der Waals surface area contributed by atoms with Crippen molar-refractivity contribution in [3.8, 4) is 0 Å². The van der Waals surface area contributed by atoms with Crippen molar-refractivity contribution in [2.24, 2.45) is 17.8 Å². The molecule has 0 spiro atoms. The fourth-order valence-corrected chi connectivity index (χ4v) is 10.1. The Morgan fingerprint density at radius 1 is 0.484 bits per heavy atom. The minimum atomic E-state index is -0.763. The van der Waals surface area contributed by atoms with E-state index in [9.17, 15) is 24.0 Å². The lowest BCUT2D eigenvalue weighted by Crippen LogP contribution is -2.43. The van der Waals surface area contributed by atoms with Gasteiger partial charge in [-0.15, -0.1) is 0 Å². The van der Waals surface area contributed by atoms with Crippen LogP contribution in [-0.2, 0) is 23.9 Å². The topological polar surface area (TPSA) is 161 Å². The van der Waals surface area contributed by atoms with E-state index in [1.807, 2.05) is 81.7 Å². The van der Waals surface area contributed by atoms with Gasteiger partial charge in [-0.05, 0) is 111 Å². The zero-order valence-electron chi connectivity index (χ0n) is 37.6. The second kappa shape index (κ2) is 30.9. The molecular formula is C45H86N6O8S3. The smallest absolute Gasteiger partial charge is 0.410 e. The number of carboxylic acid groups (broad SMARTS) is 1. The SMILES string of the molecule is C.C.C1CSCCN1.CC(C)(C)OC(=O)N1CCC(CC(=O)N2CCSCC2)CC1.CC(C)(C)OC(=O)N1CCC(CC(=O)O)CC1.O=C(CC1CCNCC1)N1CCSCC1. The number of carboxylic acids is 1. The highest BCUT2D eigenvalue weighted by atomic mass is 32.2. The Kier molecular flexibility index (Phi) is 28.9. The maximum Gasteiger partial charge on any atom is 0.410 e. The fourth-order valence-electron chi connectivity index (χ4n) is 7.52.